The topological polar surface area (TPSA) is 35.5 Å². The molecule has 0 fully saturated rings. The number of carbonyl (C=O) groups excluding carboxylic acids is 1. The number of unbranched alkanes of at least 4 members (excludes halogenated alkanes) is 2. The molecule has 4 heteroatoms. The molecule has 0 aromatic rings. The number of rotatable bonds is 10. The average molecular weight is 286 g/mol. The Balaban J connectivity index is 3.96. The first-order valence-corrected chi connectivity index (χ1v) is 8.93. The molecule has 0 aromatic carbocycles. The lowest BCUT2D eigenvalue weighted by molar-refractivity contribution is -0.143. The molecule has 0 amide bonds. The maximum absolute atomic E-state index is 11.3. The summed E-state index contributed by atoms with van der Waals surface area (Å²) in [5.74, 6) is -0.306. The van der Waals surface area contributed by atoms with E-state index < -0.39 is 9.76 Å². The molecule has 0 bridgehead atoms. The zero-order valence-corrected chi connectivity index (χ0v) is 14.5. The molecule has 112 valence electrons. The van der Waals surface area contributed by atoms with Crippen LogP contribution < -0.4 is 0 Å². The van der Waals surface area contributed by atoms with Crippen LogP contribution in [0.4, 0.5) is 0 Å². The van der Waals surface area contributed by atoms with Crippen LogP contribution >= 0.6 is 0 Å². The third kappa shape index (κ3) is 12.2. The van der Waals surface area contributed by atoms with Crippen molar-refractivity contribution in [1.82, 2.24) is 0 Å². The Hall–Kier alpha value is -0.613. The fraction of sp³-hybridized carbons (Fsp3) is 0.800. The van der Waals surface area contributed by atoms with Crippen LogP contribution in [-0.2, 0) is 14.0 Å². The number of carbonyl (C=O) groups is 1. The summed E-state index contributed by atoms with van der Waals surface area (Å²) in [5.41, 5.74) is -0.0400. The predicted molar refractivity (Wildman–Crippen MR) is 83.0 cm³/mol. The van der Waals surface area contributed by atoms with Crippen LogP contribution in [0, 0.1) is 0 Å². The summed E-state index contributed by atoms with van der Waals surface area (Å²) < 4.78 is 11.2. The summed E-state index contributed by atoms with van der Waals surface area (Å²) in [6.07, 6.45) is 6.65. The monoisotopic (exact) mass is 286 g/mol. The van der Waals surface area contributed by atoms with Crippen LogP contribution in [0.1, 0.15) is 59.8 Å². The largest absolute Gasteiger partial charge is 0.459 e. The van der Waals surface area contributed by atoms with E-state index in [0.29, 0.717) is 0 Å². The van der Waals surface area contributed by atoms with Gasteiger partial charge in [-0.25, -0.2) is 4.79 Å². The first-order valence-electron chi connectivity index (χ1n) is 7.36. The number of esters is 1. The second-order valence-electron chi connectivity index (χ2n) is 5.86. The Bertz CT molecular complexity index is 259. The van der Waals surface area contributed by atoms with Gasteiger partial charge in [-0.05, 0) is 46.1 Å². The quantitative estimate of drug-likeness (QED) is 0.267. The summed E-state index contributed by atoms with van der Waals surface area (Å²) in [7, 11) is -0.521. The molecule has 0 radical (unpaired) electrons. The summed E-state index contributed by atoms with van der Waals surface area (Å²) in [6.45, 7) is 11.9. The molecular formula is C15H30O3Si. The summed E-state index contributed by atoms with van der Waals surface area (Å²) >= 11 is 0. The highest BCUT2D eigenvalue weighted by Gasteiger charge is 2.14. The van der Waals surface area contributed by atoms with E-state index in [1.165, 1.54) is 18.9 Å². The van der Waals surface area contributed by atoms with Crippen molar-refractivity contribution < 1.29 is 14.0 Å². The van der Waals surface area contributed by atoms with E-state index in [4.69, 9.17) is 9.16 Å². The number of hydrogen-bond acceptors (Lipinski definition) is 3. The van der Waals surface area contributed by atoms with Gasteiger partial charge >= 0.3 is 5.97 Å². The molecule has 0 rings (SSSR count). The van der Waals surface area contributed by atoms with Crippen LogP contribution in [-0.4, -0.2) is 27.4 Å². The molecule has 1 unspecified atom stereocenters. The van der Waals surface area contributed by atoms with Crippen molar-refractivity contribution in [3.05, 3.63) is 12.7 Å². The summed E-state index contributed by atoms with van der Waals surface area (Å²) in [5, 5.41) is 0. The predicted octanol–water partition coefficient (Wildman–Crippen LogP) is 3.37. The Morgan fingerprint density at radius 1 is 1.32 bits per heavy atom. The van der Waals surface area contributed by atoms with Gasteiger partial charge in [-0.1, -0.05) is 26.3 Å². The van der Waals surface area contributed by atoms with E-state index in [9.17, 15) is 4.79 Å². The van der Waals surface area contributed by atoms with Crippen molar-refractivity contribution in [2.45, 2.75) is 77.5 Å². The van der Waals surface area contributed by atoms with E-state index in [2.05, 4.69) is 34.3 Å². The first kappa shape index (κ1) is 18.4. The van der Waals surface area contributed by atoms with E-state index in [-0.39, 0.29) is 17.7 Å². The molecule has 0 spiro atoms. The minimum atomic E-state index is -0.521. The first-order chi connectivity index (χ1) is 8.89. The van der Waals surface area contributed by atoms with Gasteiger partial charge in [-0.2, -0.15) is 0 Å². The second kappa shape index (κ2) is 10.2. The standard InChI is InChI=1S/C15H30O3Si/c1-6-8-9-10-13(17-14(16)7-2)11-12-19-18-15(3,4)5/h7,13H,2,6,8-12,19H2,1,3-5H3. The lowest BCUT2D eigenvalue weighted by atomic mass is 10.1. The van der Waals surface area contributed by atoms with Gasteiger partial charge in [0.2, 0.25) is 0 Å². The van der Waals surface area contributed by atoms with Gasteiger partial charge in [-0.3, -0.25) is 0 Å². The van der Waals surface area contributed by atoms with Crippen molar-refractivity contribution >= 4 is 15.7 Å². The zero-order valence-electron chi connectivity index (χ0n) is 13.0. The highest BCUT2D eigenvalue weighted by atomic mass is 28.2. The number of hydrogen-bond donors (Lipinski definition) is 0. The molecule has 0 aliphatic rings. The SMILES string of the molecule is C=CC(=O)OC(CCCCC)CC[SiH2]OC(C)(C)C. The molecule has 0 saturated carbocycles. The molecular weight excluding hydrogens is 256 g/mol. The van der Waals surface area contributed by atoms with E-state index in [1.54, 1.807) is 0 Å². The van der Waals surface area contributed by atoms with Gasteiger partial charge in [0.05, 0.1) is 0 Å². The van der Waals surface area contributed by atoms with Crippen LogP contribution in [0.25, 0.3) is 0 Å². The van der Waals surface area contributed by atoms with Crippen molar-refractivity contribution in [1.29, 1.82) is 0 Å². The van der Waals surface area contributed by atoms with Gasteiger partial charge in [0.1, 0.15) is 6.10 Å². The Kier molecular flexibility index (Phi) is 9.88. The minimum absolute atomic E-state index is 0.0353. The maximum Gasteiger partial charge on any atom is 0.330 e. The fourth-order valence-corrected chi connectivity index (χ4v) is 3.16. The molecule has 3 nitrogen and oxygen atoms in total. The normalized spacial score (nSPS) is 13.7. The highest BCUT2D eigenvalue weighted by molar-refractivity contribution is 6.27. The van der Waals surface area contributed by atoms with E-state index in [1.807, 2.05) is 0 Å². The maximum atomic E-state index is 11.3. The average Bonchev–Trinajstić information content (AvgIpc) is 2.33. The van der Waals surface area contributed by atoms with Crippen molar-refractivity contribution in [2.75, 3.05) is 0 Å². The third-order valence-corrected chi connectivity index (χ3v) is 4.55. The molecule has 0 aliphatic heterocycles. The molecule has 19 heavy (non-hydrogen) atoms. The molecule has 0 N–H and O–H groups in total. The summed E-state index contributed by atoms with van der Waals surface area (Å²) in [4.78, 5) is 11.3. The van der Waals surface area contributed by atoms with Gasteiger partial charge in [0.25, 0.3) is 0 Å². The minimum Gasteiger partial charge on any atom is -0.459 e. The molecule has 1 atom stereocenters. The molecule has 0 heterocycles. The fourth-order valence-electron chi connectivity index (χ4n) is 1.79. The van der Waals surface area contributed by atoms with E-state index in [0.717, 1.165) is 25.3 Å². The van der Waals surface area contributed by atoms with Crippen molar-refractivity contribution in [2.24, 2.45) is 0 Å². The lowest BCUT2D eigenvalue weighted by Gasteiger charge is -2.21. The van der Waals surface area contributed by atoms with Crippen LogP contribution in [0.5, 0.6) is 0 Å². The third-order valence-electron chi connectivity index (χ3n) is 2.78. The smallest absolute Gasteiger partial charge is 0.330 e. The summed E-state index contributed by atoms with van der Waals surface area (Å²) in [6, 6.07) is 1.05. The zero-order chi connectivity index (χ0) is 14.7. The van der Waals surface area contributed by atoms with Gasteiger partial charge in [-0.15, -0.1) is 0 Å². The second-order valence-corrected chi connectivity index (χ2v) is 7.27. The highest BCUT2D eigenvalue weighted by Crippen LogP contribution is 2.14. The Morgan fingerprint density at radius 3 is 2.53 bits per heavy atom. The van der Waals surface area contributed by atoms with Crippen LogP contribution in [0.2, 0.25) is 6.04 Å². The van der Waals surface area contributed by atoms with Gasteiger partial charge in [0.15, 0.2) is 9.76 Å². The van der Waals surface area contributed by atoms with Crippen molar-refractivity contribution in [3.8, 4) is 0 Å². The van der Waals surface area contributed by atoms with Gasteiger partial charge < -0.3 is 9.16 Å². The van der Waals surface area contributed by atoms with Crippen molar-refractivity contribution in [3.63, 3.8) is 0 Å². The van der Waals surface area contributed by atoms with Crippen LogP contribution in [0.3, 0.4) is 0 Å². The van der Waals surface area contributed by atoms with E-state index >= 15 is 0 Å². The van der Waals surface area contributed by atoms with Crippen LogP contribution in [0.15, 0.2) is 12.7 Å². The number of ether oxygens (including phenoxy) is 1. The lowest BCUT2D eigenvalue weighted by Crippen LogP contribution is -2.23. The molecule has 0 saturated heterocycles. The Labute approximate surface area is 120 Å². The Morgan fingerprint density at radius 2 is 2.00 bits per heavy atom. The molecule has 0 aromatic heterocycles. The van der Waals surface area contributed by atoms with Gasteiger partial charge in [0, 0.05) is 11.7 Å². The molecule has 0 aliphatic carbocycles.